The first kappa shape index (κ1) is 16.3. The summed E-state index contributed by atoms with van der Waals surface area (Å²) in [5, 5.41) is 3.06. The molecule has 2 rings (SSSR count). The van der Waals surface area contributed by atoms with Crippen molar-refractivity contribution in [3.63, 3.8) is 0 Å². The molecule has 4 nitrogen and oxygen atoms in total. The third-order valence-corrected chi connectivity index (χ3v) is 4.68. The standard InChI is InChI=1S/C16H25ClN2O2/c1-12(2)11-13-14(20)18-16(7-4-3-5-8-16)15(21)19(13)10-6-9-17/h6,9,12-13H,3-5,7-8,10-11H2,1-2H3,(H,18,20)/b9-6+. The monoisotopic (exact) mass is 312 g/mol. The highest BCUT2D eigenvalue weighted by Crippen LogP contribution is 2.34. The van der Waals surface area contributed by atoms with Crippen LogP contribution in [0.5, 0.6) is 0 Å². The number of amides is 2. The van der Waals surface area contributed by atoms with E-state index in [0.717, 1.165) is 32.1 Å². The molecule has 0 aromatic carbocycles. The van der Waals surface area contributed by atoms with Crippen LogP contribution in [0, 0.1) is 5.92 Å². The van der Waals surface area contributed by atoms with E-state index in [-0.39, 0.29) is 17.9 Å². The Morgan fingerprint density at radius 1 is 1.33 bits per heavy atom. The van der Waals surface area contributed by atoms with Gasteiger partial charge in [-0.1, -0.05) is 50.8 Å². The zero-order valence-corrected chi connectivity index (χ0v) is 13.7. The molecule has 1 heterocycles. The molecule has 1 N–H and O–H groups in total. The molecule has 1 spiro atoms. The van der Waals surface area contributed by atoms with E-state index in [1.165, 1.54) is 5.54 Å². The van der Waals surface area contributed by atoms with Crippen LogP contribution in [0.2, 0.25) is 0 Å². The summed E-state index contributed by atoms with van der Waals surface area (Å²) in [6.45, 7) is 4.55. The Labute approximate surface area is 131 Å². The summed E-state index contributed by atoms with van der Waals surface area (Å²) in [5.74, 6) is 0.423. The molecule has 21 heavy (non-hydrogen) atoms. The van der Waals surface area contributed by atoms with Gasteiger partial charge in [0.05, 0.1) is 0 Å². The Balaban J connectivity index is 2.26. The minimum absolute atomic E-state index is 0.00632. The summed E-state index contributed by atoms with van der Waals surface area (Å²) < 4.78 is 0. The van der Waals surface area contributed by atoms with E-state index < -0.39 is 5.54 Å². The number of piperazine rings is 1. The maximum atomic E-state index is 13.0. The average molecular weight is 313 g/mol. The second-order valence-electron chi connectivity index (χ2n) is 6.60. The zero-order valence-electron chi connectivity index (χ0n) is 12.9. The van der Waals surface area contributed by atoms with Crippen LogP contribution in [0.15, 0.2) is 11.6 Å². The van der Waals surface area contributed by atoms with Crippen molar-refractivity contribution in [3.8, 4) is 0 Å². The Bertz CT molecular complexity index is 428. The van der Waals surface area contributed by atoms with Crippen LogP contribution in [-0.2, 0) is 9.59 Å². The van der Waals surface area contributed by atoms with Crippen molar-refractivity contribution in [1.29, 1.82) is 0 Å². The molecule has 1 aliphatic carbocycles. The van der Waals surface area contributed by atoms with E-state index in [2.05, 4.69) is 19.2 Å². The molecule has 1 unspecified atom stereocenters. The molecule has 2 aliphatic rings. The topological polar surface area (TPSA) is 49.4 Å². The summed E-state index contributed by atoms with van der Waals surface area (Å²) in [4.78, 5) is 27.3. The fourth-order valence-corrected chi connectivity index (χ4v) is 3.55. The van der Waals surface area contributed by atoms with Gasteiger partial charge in [-0.15, -0.1) is 0 Å². The van der Waals surface area contributed by atoms with Crippen molar-refractivity contribution in [2.24, 2.45) is 5.92 Å². The third kappa shape index (κ3) is 3.42. The molecule has 2 amide bonds. The summed E-state index contributed by atoms with van der Waals surface area (Å²) in [6, 6.07) is -0.377. The highest BCUT2D eigenvalue weighted by Gasteiger charge is 2.50. The lowest BCUT2D eigenvalue weighted by molar-refractivity contribution is -0.156. The number of rotatable bonds is 4. The molecule has 0 bridgehead atoms. The van der Waals surface area contributed by atoms with Gasteiger partial charge in [0, 0.05) is 12.1 Å². The first-order chi connectivity index (χ1) is 10.00. The molecule has 1 aliphatic heterocycles. The smallest absolute Gasteiger partial charge is 0.249 e. The van der Waals surface area contributed by atoms with Crippen LogP contribution in [0.25, 0.3) is 0 Å². The maximum Gasteiger partial charge on any atom is 0.249 e. The van der Waals surface area contributed by atoms with Gasteiger partial charge >= 0.3 is 0 Å². The second kappa shape index (κ2) is 6.82. The number of carbonyl (C=O) groups excluding carboxylic acids is 2. The molecule has 0 aromatic heterocycles. The molecule has 5 heteroatoms. The molecule has 0 radical (unpaired) electrons. The lowest BCUT2D eigenvalue weighted by Crippen LogP contribution is -2.70. The highest BCUT2D eigenvalue weighted by molar-refractivity contribution is 6.25. The van der Waals surface area contributed by atoms with Crippen molar-refractivity contribution < 1.29 is 9.59 Å². The first-order valence-electron chi connectivity index (χ1n) is 7.88. The third-order valence-electron chi connectivity index (χ3n) is 4.50. The van der Waals surface area contributed by atoms with Crippen molar-refractivity contribution in [1.82, 2.24) is 10.2 Å². The molecule has 0 aromatic rings. The summed E-state index contributed by atoms with van der Waals surface area (Å²) in [6.07, 6.45) is 7.08. The van der Waals surface area contributed by atoms with Crippen molar-refractivity contribution in [2.75, 3.05) is 6.54 Å². The van der Waals surface area contributed by atoms with Crippen LogP contribution in [0.4, 0.5) is 0 Å². The van der Waals surface area contributed by atoms with Crippen LogP contribution in [-0.4, -0.2) is 34.8 Å². The van der Waals surface area contributed by atoms with E-state index >= 15 is 0 Å². The van der Waals surface area contributed by atoms with Gasteiger partial charge in [0.2, 0.25) is 11.8 Å². The molecule has 1 atom stereocenters. The lowest BCUT2D eigenvalue weighted by atomic mass is 9.78. The van der Waals surface area contributed by atoms with Gasteiger partial charge in [-0.25, -0.2) is 0 Å². The number of nitrogens with one attached hydrogen (secondary N) is 1. The number of nitrogens with zero attached hydrogens (tertiary/aromatic N) is 1. The maximum absolute atomic E-state index is 13.0. The van der Waals surface area contributed by atoms with Gasteiger partial charge in [-0.3, -0.25) is 9.59 Å². The molecule has 1 saturated carbocycles. The van der Waals surface area contributed by atoms with Gasteiger partial charge in [0.15, 0.2) is 0 Å². The van der Waals surface area contributed by atoms with Crippen LogP contribution in [0.3, 0.4) is 0 Å². The molecular weight excluding hydrogens is 288 g/mol. The Morgan fingerprint density at radius 3 is 2.57 bits per heavy atom. The van der Waals surface area contributed by atoms with Gasteiger partial charge in [-0.2, -0.15) is 0 Å². The van der Waals surface area contributed by atoms with Gasteiger partial charge in [0.1, 0.15) is 11.6 Å². The van der Waals surface area contributed by atoms with Crippen LogP contribution >= 0.6 is 11.6 Å². The van der Waals surface area contributed by atoms with Gasteiger partial charge in [-0.05, 0) is 25.2 Å². The number of carbonyl (C=O) groups is 2. The minimum atomic E-state index is -0.664. The molecule has 118 valence electrons. The lowest BCUT2D eigenvalue weighted by Gasteiger charge is -2.47. The quantitative estimate of drug-likeness (QED) is 0.868. The van der Waals surface area contributed by atoms with E-state index in [1.807, 2.05) is 0 Å². The van der Waals surface area contributed by atoms with Crippen molar-refractivity contribution in [3.05, 3.63) is 11.6 Å². The normalized spacial score (nSPS) is 25.9. The minimum Gasteiger partial charge on any atom is -0.340 e. The summed E-state index contributed by atoms with van der Waals surface area (Å²) in [5.41, 5.74) is 0.753. The molecule has 1 saturated heterocycles. The average Bonchev–Trinajstić information content (AvgIpc) is 2.45. The molecular formula is C16H25ClN2O2. The SMILES string of the molecule is CC(C)CC1C(=O)NC2(CCCCC2)C(=O)N1C/C=C/Cl. The van der Waals surface area contributed by atoms with E-state index in [4.69, 9.17) is 11.6 Å². The fraction of sp³-hybridized carbons (Fsp3) is 0.750. The number of halogens is 1. The largest absolute Gasteiger partial charge is 0.340 e. The fourth-order valence-electron chi connectivity index (χ4n) is 3.47. The predicted octanol–water partition coefficient (Wildman–Crippen LogP) is 2.81. The first-order valence-corrected chi connectivity index (χ1v) is 8.32. The molecule has 2 fully saturated rings. The van der Waals surface area contributed by atoms with Gasteiger partial charge in [0.25, 0.3) is 0 Å². The van der Waals surface area contributed by atoms with E-state index in [9.17, 15) is 9.59 Å². The second-order valence-corrected chi connectivity index (χ2v) is 6.85. The van der Waals surface area contributed by atoms with E-state index in [1.54, 1.807) is 11.0 Å². The number of hydrogen-bond donors (Lipinski definition) is 1. The van der Waals surface area contributed by atoms with Gasteiger partial charge < -0.3 is 10.2 Å². The predicted molar refractivity (Wildman–Crippen MR) is 83.9 cm³/mol. The Morgan fingerprint density at radius 2 is 2.00 bits per heavy atom. The Kier molecular flexibility index (Phi) is 5.31. The van der Waals surface area contributed by atoms with Crippen LogP contribution < -0.4 is 5.32 Å². The van der Waals surface area contributed by atoms with E-state index in [0.29, 0.717) is 18.9 Å². The summed E-state index contributed by atoms with van der Waals surface area (Å²) >= 11 is 5.62. The highest BCUT2D eigenvalue weighted by atomic mass is 35.5. The Hall–Kier alpha value is -1.03. The zero-order chi connectivity index (χ0) is 15.5. The summed E-state index contributed by atoms with van der Waals surface area (Å²) in [7, 11) is 0. The van der Waals surface area contributed by atoms with Crippen LogP contribution in [0.1, 0.15) is 52.4 Å². The van der Waals surface area contributed by atoms with Crippen molar-refractivity contribution >= 4 is 23.4 Å². The van der Waals surface area contributed by atoms with Crippen molar-refractivity contribution in [2.45, 2.75) is 64.0 Å². The number of hydrogen-bond acceptors (Lipinski definition) is 2.